The first-order valence-corrected chi connectivity index (χ1v) is 5.52. The lowest BCUT2D eigenvalue weighted by Crippen LogP contribution is -2.29. The number of carbonyl (C=O) groups excluding carboxylic acids is 1. The second kappa shape index (κ2) is 5.37. The van der Waals surface area contributed by atoms with Gasteiger partial charge in [0, 0.05) is 6.04 Å². The van der Waals surface area contributed by atoms with Crippen molar-refractivity contribution in [3.63, 3.8) is 0 Å². The Morgan fingerprint density at radius 1 is 1.53 bits per heavy atom. The van der Waals surface area contributed by atoms with Crippen LogP contribution >= 0.6 is 15.9 Å². The van der Waals surface area contributed by atoms with Crippen LogP contribution < -0.4 is 5.32 Å². The molecule has 0 amide bonds. The minimum atomic E-state index is -0.493. The minimum absolute atomic E-state index is 0.123. The maximum atomic E-state index is 13.5. The van der Waals surface area contributed by atoms with Crippen molar-refractivity contribution < 1.29 is 9.18 Å². The lowest BCUT2D eigenvalue weighted by molar-refractivity contribution is 0.0984. The number of carbonyl (C=O) groups is 1. The van der Waals surface area contributed by atoms with Gasteiger partial charge in [0.2, 0.25) is 0 Å². The van der Waals surface area contributed by atoms with Crippen LogP contribution in [0.3, 0.4) is 0 Å². The van der Waals surface area contributed by atoms with E-state index in [1.165, 1.54) is 6.07 Å². The summed E-state index contributed by atoms with van der Waals surface area (Å²) in [7, 11) is 0. The molecule has 0 unspecified atom stereocenters. The second-order valence-electron chi connectivity index (χ2n) is 3.56. The Labute approximate surface area is 97.0 Å². The largest absolute Gasteiger partial charge is 0.307 e. The number of hydrogen-bond donors (Lipinski definition) is 1. The standard InChI is InChI=1S/C11H13BrFNO/c1-7(2)14-6-10(15)8-4-3-5-9(12)11(8)13/h3-5,7,14H,6H2,1-2H3. The van der Waals surface area contributed by atoms with E-state index in [1.807, 2.05) is 13.8 Å². The van der Waals surface area contributed by atoms with E-state index in [2.05, 4.69) is 21.2 Å². The lowest BCUT2D eigenvalue weighted by atomic mass is 10.1. The number of Topliss-reactive ketones (excluding diaryl/α,β-unsaturated/α-hetero) is 1. The summed E-state index contributed by atoms with van der Waals surface area (Å²) in [6, 6.07) is 4.92. The molecule has 1 N–H and O–H groups in total. The summed E-state index contributed by atoms with van der Waals surface area (Å²) in [4.78, 5) is 11.6. The van der Waals surface area contributed by atoms with Crippen molar-refractivity contribution in [2.24, 2.45) is 0 Å². The summed E-state index contributed by atoms with van der Waals surface area (Å²) in [5.74, 6) is -0.726. The molecule has 0 aromatic heterocycles. The molecule has 82 valence electrons. The second-order valence-corrected chi connectivity index (χ2v) is 4.41. The summed E-state index contributed by atoms with van der Waals surface area (Å²) in [5.41, 5.74) is 0.123. The van der Waals surface area contributed by atoms with Crippen LogP contribution in [0.4, 0.5) is 4.39 Å². The van der Waals surface area contributed by atoms with Gasteiger partial charge in [0.15, 0.2) is 5.78 Å². The van der Waals surface area contributed by atoms with Crippen LogP contribution in [0, 0.1) is 5.82 Å². The van der Waals surface area contributed by atoms with Gasteiger partial charge in [-0.1, -0.05) is 19.9 Å². The number of rotatable bonds is 4. The van der Waals surface area contributed by atoms with Crippen molar-refractivity contribution in [3.8, 4) is 0 Å². The highest BCUT2D eigenvalue weighted by Gasteiger charge is 2.13. The van der Waals surface area contributed by atoms with Gasteiger partial charge in [0.1, 0.15) is 5.82 Å². The maximum absolute atomic E-state index is 13.5. The van der Waals surface area contributed by atoms with Crippen LogP contribution in [0.1, 0.15) is 24.2 Å². The van der Waals surface area contributed by atoms with Crippen LogP contribution in [0.15, 0.2) is 22.7 Å². The molecular formula is C11H13BrFNO. The van der Waals surface area contributed by atoms with Crippen molar-refractivity contribution in [1.82, 2.24) is 5.32 Å². The Bertz CT molecular complexity index is 366. The number of ketones is 1. The van der Waals surface area contributed by atoms with Gasteiger partial charge < -0.3 is 5.32 Å². The molecular weight excluding hydrogens is 261 g/mol. The van der Waals surface area contributed by atoms with E-state index in [-0.39, 0.29) is 23.9 Å². The summed E-state index contributed by atoms with van der Waals surface area (Å²) >= 11 is 3.05. The molecule has 0 bridgehead atoms. The molecule has 0 aliphatic heterocycles. The van der Waals surface area contributed by atoms with E-state index in [0.717, 1.165) is 0 Å². The van der Waals surface area contributed by atoms with Crippen LogP contribution in [0.2, 0.25) is 0 Å². The Balaban J connectivity index is 2.78. The van der Waals surface area contributed by atoms with E-state index in [0.29, 0.717) is 4.47 Å². The Hall–Kier alpha value is -0.740. The first-order chi connectivity index (χ1) is 7.02. The van der Waals surface area contributed by atoms with Crippen LogP contribution in [0.25, 0.3) is 0 Å². The average molecular weight is 274 g/mol. The first-order valence-electron chi connectivity index (χ1n) is 4.73. The zero-order valence-corrected chi connectivity index (χ0v) is 10.3. The predicted octanol–water partition coefficient (Wildman–Crippen LogP) is 2.77. The molecule has 0 fully saturated rings. The summed E-state index contributed by atoms with van der Waals surface area (Å²) in [6.07, 6.45) is 0. The predicted molar refractivity (Wildman–Crippen MR) is 61.6 cm³/mol. The first kappa shape index (κ1) is 12.3. The van der Waals surface area contributed by atoms with Gasteiger partial charge in [0.05, 0.1) is 16.6 Å². The Kier molecular flexibility index (Phi) is 4.42. The highest BCUT2D eigenvalue weighted by Crippen LogP contribution is 2.18. The molecule has 0 spiro atoms. The highest BCUT2D eigenvalue weighted by atomic mass is 79.9. The van der Waals surface area contributed by atoms with Crippen molar-refractivity contribution >= 4 is 21.7 Å². The van der Waals surface area contributed by atoms with E-state index < -0.39 is 5.82 Å². The smallest absolute Gasteiger partial charge is 0.179 e. The molecule has 2 nitrogen and oxygen atoms in total. The quantitative estimate of drug-likeness (QED) is 0.855. The molecule has 1 aromatic rings. The summed E-state index contributed by atoms with van der Waals surface area (Å²) < 4.78 is 13.8. The van der Waals surface area contributed by atoms with Gasteiger partial charge >= 0.3 is 0 Å². The van der Waals surface area contributed by atoms with E-state index in [4.69, 9.17) is 0 Å². The zero-order valence-electron chi connectivity index (χ0n) is 8.68. The SMILES string of the molecule is CC(C)NCC(=O)c1cccc(Br)c1F. The molecule has 1 rings (SSSR count). The van der Waals surface area contributed by atoms with Gasteiger partial charge in [-0.2, -0.15) is 0 Å². The number of benzene rings is 1. The third-order valence-electron chi connectivity index (χ3n) is 1.92. The van der Waals surface area contributed by atoms with Crippen molar-refractivity contribution in [2.45, 2.75) is 19.9 Å². The fourth-order valence-corrected chi connectivity index (χ4v) is 1.48. The molecule has 4 heteroatoms. The van der Waals surface area contributed by atoms with Crippen LogP contribution in [-0.4, -0.2) is 18.4 Å². The van der Waals surface area contributed by atoms with E-state index in [9.17, 15) is 9.18 Å². The van der Waals surface area contributed by atoms with Crippen molar-refractivity contribution in [2.75, 3.05) is 6.54 Å². The zero-order chi connectivity index (χ0) is 11.4. The molecule has 0 aliphatic carbocycles. The third kappa shape index (κ3) is 3.39. The minimum Gasteiger partial charge on any atom is -0.307 e. The van der Waals surface area contributed by atoms with Gasteiger partial charge in [-0.05, 0) is 28.1 Å². The summed E-state index contributed by atoms with van der Waals surface area (Å²) in [5, 5.41) is 2.96. The van der Waals surface area contributed by atoms with E-state index in [1.54, 1.807) is 12.1 Å². The fraction of sp³-hybridized carbons (Fsp3) is 0.364. The Morgan fingerprint density at radius 2 is 2.20 bits per heavy atom. The van der Waals surface area contributed by atoms with Gasteiger partial charge in [-0.15, -0.1) is 0 Å². The fourth-order valence-electron chi connectivity index (χ4n) is 1.11. The van der Waals surface area contributed by atoms with Crippen molar-refractivity contribution in [3.05, 3.63) is 34.1 Å². The molecule has 1 aromatic carbocycles. The van der Waals surface area contributed by atoms with Crippen LogP contribution in [-0.2, 0) is 0 Å². The molecule has 0 aliphatic rings. The normalized spacial score (nSPS) is 10.7. The number of halogens is 2. The molecule has 0 saturated heterocycles. The average Bonchev–Trinajstić information content (AvgIpc) is 2.18. The number of hydrogen-bond acceptors (Lipinski definition) is 2. The lowest BCUT2D eigenvalue weighted by Gasteiger charge is -2.08. The van der Waals surface area contributed by atoms with Crippen LogP contribution in [0.5, 0.6) is 0 Å². The topological polar surface area (TPSA) is 29.1 Å². The monoisotopic (exact) mass is 273 g/mol. The molecule has 15 heavy (non-hydrogen) atoms. The molecule has 0 atom stereocenters. The van der Waals surface area contributed by atoms with Gasteiger partial charge in [0.25, 0.3) is 0 Å². The molecule has 0 saturated carbocycles. The third-order valence-corrected chi connectivity index (χ3v) is 2.54. The number of nitrogens with one attached hydrogen (secondary N) is 1. The van der Waals surface area contributed by atoms with Gasteiger partial charge in [-0.3, -0.25) is 4.79 Å². The van der Waals surface area contributed by atoms with Crippen molar-refractivity contribution in [1.29, 1.82) is 0 Å². The molecule has 0 heterocycles. The summed E-state index contributed by atoms with van der Waals surface area (Å²) in [6.45, 7) is 4.03. The maximum Gasteiger partial charge on any atom is 0.179 e. The molecule has 0 radical (unpaired) electrons. The van der Waals surface area contributed by atoms with Gasteiger partial charge in [-0.25, -0.2) is 4.39 Å². The van der Waals surface area contributed by atoms with E-state index >= 15 is 0 Å². The highest BCUT2D eigenvalue weighted by molar-refractivity contribution is 9.10. The Morgan fingerprint density at radius 3 is 2.80 bits per heavy atom.